The first-order valence-electron chi connectivity index (χ1n) is 11.2. The average Bonchev–Trinajstić information content (AvgIpc) is 3.54. The van der Waals surface area contributed by atoms with Crippen molar-refractivity contribution in [3.8, 4) is 0 Å². The minimum atomic E-state index is -0.366. The molecule has 4 aliphatic rings. The van der Waals surface area contributed by atoms with Crippen molar-refractivity contribution in [1.82, 2.24) is 4.98 Å². The summed E-state index contributed by atoms with van der Waals surface area (Å²) in [6.07, 6.45) is 0.820. The largest absolute Gasteiger partial charge is 0.307 e. The fourth-order valence-corrected chi connectivity index (χ4v) is 9.92. The Balaban J connectivity index is 1.32. The predicted molar refractivity (Wildman–Crippen MR) is 129 cm³/mol. The maximum absolute atomic E-state index is 13.7. The molecule has 2 saturated carbocycles. The van der Waals surface area contributed by atoms with Crippen molar-refractivity contribution in [3.05, 3.63) is 79.5 Å². The first-order valence-corrected chi connectivity index (χ1v) is 13.3. The van der Waals surface area contributed by atoms with Crippen LogP contribution < -0.4 is 9.77 Å². The van der Waals surface area contributed by atoms with Gasteiger partial charge in [-0.05, 0) is 66.1 Å². The smallest absolute Gasteiger partial charge is 0.305 e. The van der Waals surface area contributed by atoms with E-state index in [0.29, 0.717) is 10.7 Å². The van der Waals surface area contributed by atoms with Gasteiger partial charge in [0.2, 0.25) is 11.8 Å². The second-order valence-corrected chi connectivity index (χ2v) is 12.1. The molecular formula is C25H18ClFN2O3S2. The number of H-pyrrole nitrogens is 1. The highest BCUT2D eigenvalue weighted by atomic mass is 35.5. The Morgan fingerprint density at radius 1 is 0.941 bits per heavy atom. The third-order valence-electron chi connectivity index (χ3n) is 8.04. The minimum Gasteiger partial charge on any atom is -0.307 e. The number of hydrogen-bond donors (Lipinski definition) is 1. The van der Waals surface area contributed by atoms with E-state index in [9.17, 15) is 18.8 Å². The van der Waals surface area contributed by atoms with Crippen molar-refractivity contribution in [1.29, 1.82) is 0 Å². The summed E-state index contributed by atoms with van der Waals surface area (Å²) in [5.74, 6) is -1.21. The molecule has 34 heavy (non-hydrogen) atoms. The first kappa shape index (κ1) is 20.9. The zero-order chi connectivity index (χ0) is 23.3. The molecule has 2 aliphatic carbocycles. The molecule has 0 unspecified atom stereocenters. The van der Waals surface area contributed by atoms with Crippen LogP contribution in [0, 0.1) is 35.4 Å². The van der Waals surface area contributed by atoms with E-state index in [1.54, 1.807) is 48.2 Å². The number of nitrogens with one attached hydrogen (secondary N) is 1. The van der Waals surface area contributed by atoms with Gasteiger partial charge in [-0.25, -0.2) is 4.39 Å². The number of anilines is 1. The van der Waals surface area contributed by atoms with Crippen molar-refractivity contribution in [3.63, 3.8) is 0 Å². The Morgan fingerprint density at radius 2 is 1.62 bits per heavy atom. The molecule has 0 radical (unpaired) electrons. The monoisotopic (exact) mass is 512 g/mol. The number of aromatic nitrogens is 1. The highest BCUT2D eigenvalue weighted by Gasteiger charge is 2.69. The number of carbonyl (C=O) groups excluding carboxylic acids is 2. The Labute approximate surface area is 207 Å². The molecule has 2 amide bonds. The lowest BCUT2D eigenvalue weighted by Crippen LogP contribution is -2.42. The molecule has 3 aromatic rings. The standard InChI is InChI=1S/C25H18ClFN2O3S2/c26-11-3-7-13(8-4-11)29-23(30)18-14-9-15(19(18)24(29)31)20-17(14)16(10-1-5-12(27)6-2-10)21-22(33-20)28-25(32)34-21/h1-8,14-20H,9H2,(H,28,32)/t14-,15+,16-,17+,18+,19+,20-/m0/s1. The third-order valence-corrected chi connectivity index (χ3v) is 10.9. The molecule has 7 atom stereocenters. The molecule has 2 aliphatic heterocycles. The van der Waals surface area contributed by atoms with Crippen molar-refractivity contribution in [2.75, 3.05) is 4.90 Å². The number of hydrogen-bond acceptors (Lipinski definition) is 5. The summed E-state index contributed by atoms with van der Waals surface area (Å²) >= 11 is 8.86. The first-order chi connectivity index (χ1) is 16.4. The molecule has 1 saturated heterocycles. The van der Waals surface area contributed by atoms with Crippen LogP contribution in [0.15, 0.2) is 58.4 Å². The van der Waals surface area contributed by atoms with Crippen molar-refractivity contribution < 1.29 is 14.0 Å². The molecule has 5 nitrogen and oxygen atoms in total. The van der Waals surface area contributed by atoms with E-state index in [1.807, 2.05) is 0 Å². The lowest BCUT2D eigenvalue weighted by molar-refractivity contribution is -0.123. The molecule has 0 spiro atoms. The molecular weight excluding hydrogens is 495 g/mol. The van der Waals surface area contributed by atoms with Crippen LogP contribution in [0.4, 0.5) is 10.1 Å². The second kappa shape index (κ2) is 7.29. The average molecular weight is 513 g/mol. The molecule has 7 rings (SSSR count). The van der Waals surface area contributed by atoms with Gasteiger partial charge in [-0.1, -0.05) is 35.1 Å². The van der Waals surface area contributed by atoms with Gasteiger partial charge in [0.1, 0.15) is 5.82 Å². The number of amides is 2. The quantitative estimate of drug-likeness (QED) is 0.495. The number of thiazole rings is 1. The number of benzene rings is 2. The highest BCUT2D eigenvalue weighted by molar-refractivity contribution is 8.00. The van der Waals surface area contributed by atoms with Gasteiger partial charge in [0.15, 0.2) is 0 Å². The van der Waals surface area contributed by atoms with Crippen molar-refractivity contribution in [2.45, 2.75) is 22.6 Å². The molecule has 2 aromatic carbocycles. The molecule has 9 heteroatoms. The topological polar surface area (TPSA) is 70.2 Å². The maximum Gasteiger partial charge on any atom is 0.305 e. The normalized spacial score (nSPS) is 33.2. The summed E-state index contributed by atoms with van der Waals surface area (Å²) in [5, 5.41) is 1.51. The number of nitrogens with zero attached hydrogens (tertiary/aromatic N) is 1. The molecule has 3 fully saturated rings. The number of halogens is 2. The summed E-state index contributed by atoms with van der Waals surface area (Å²) in [7, 11) is 0. The number of carbonyl (C=O) groups is 2. The Morgan fingerprint density at radius 3 is 2.32 bits per heavy atom. The van der Waals surface area contributed by atoms with E-state index in [4.69, 9.17) is 11.6 Å². The third kappa shape index (κ3) is 2.76. The van der Waals surface area contributed by atoms with Crippen LogP contribution >= 0.6 is 34.7 Å². The number of fused-ring (bicyclic) bond motifs is 9. The molecule has 172 valence electrons. The van der Waals surface area contributed by atoms with Gasteiger partial charge < -0.3 is 4.98 Å². The zero-order valence-electron chi connectivity index (χ0n) is 17.6. The Bertz CT molecular complexity index is 1400. The Hall–Kier alpha value is -2.42. The van der Waals surface area contributed by atoms with Crippen LogP contribution in [0.25, 0.3) is 0 Å². The summed E-state index contributed by atoms with van der Waals surface area (Å²) in [6.45, 7) is 0. The van der Waals surface area contributed by atoms with Gasteiger partial charge >= 0.3 is 4.87 Å². The van der Waals surface area contributed by atoms with Gasteiger partial charge in [-0.2, -0.15) is 0 Å². The zero-order valence-corrected chi connectivity index (χ0v) is 20.0. The number of thioether (sulfide) groups is 1. The number of rotatable bonds is 2. The molecule has 1 N–H and O–H groups in total. The SMILES string of the molecule is O=C1[C@@H]2[C@H]3C[C@@H]([C@@H]4Sc5[nH]c(=O)sc5[C@@H](c5ccc(F)cc5)[C@@H]34)[C@H]2C(=O)N1c1ccc(Cl)cc1. The molecule has 1 aromatic heterocycles. The van der Waals surface area contributed by atoms with Crippen molar-refractivity contribution >= 4 is 52.2 Å². The summed E-state index contributed by atoms with van der Waals surface area (Å²) in [6, 6.07) is 13.3. The lowest BCUT2D eigenvalue weighted by Gasteiger charge is -2.43. The van der Waals surface area contributed by atoms with Gasteiger partial charge in [-0.3, -0.25) is 19.3 Å². The molecule has 3 heterocycles. The minimum absolute atomic E-state index is 0.0293. The van der Waals surface area contributed by atoms with E-state index < -0.39 is 0 Å². The van der Waals surface area contributed by atoms with Crippen LogP contribution in [0.3, 0.4) is 0 Å². The van der Waals surface area contributed by atoms with Crippen LogP contribution in [0.2, 0.25) is 5.02 Å². The summed E-state index contributed by atoms with van der Waals surface area (Å²) in [5.41, 5.74) is 1.51. The van der Waals surface area contributed by atoms with Crippen LogP contribution in [0.5, 0.6) is 0 Å². The second-order valence-electron chi connectivity index (χ2n) is 9.50. The van der Waals surface area contributed by atoms with E-state index in [-0.39, 0.29) is 63.3 Å². The van der Waals surface area contributed by atoms with E-state index in [1.165, 1.54) is 28.4 Å². The van der Waals surface area contributed by atoms with E-state index >= 15 is 0 Å². The van der Waals surface area contributed by atoms with E-state index in [2.05, 4.69) is 4.98 Å². The van der Waals surface area contributed by atoms with Crippen LogP contribution in [-0.2, 0) is 9.59 Å². The van der Waals surface area contributed by atoms with Gasteiger partial charge in [0, 0.05) is 21.1 Å². The fraction of sp³-hybridized carbons (Fsp3) is 0.320. The van der Waals surface area contributed by atoms with E-state index in [0.717, 1.165) is 21.9 Å². The summed E-state index contributed by atoms with van der Waals surface area (Å²) < 4.78 is 13.7. The Kier molecular flexibility index (Phi) is 4.48. The number of imide groups is 1. The van der Waals surface area contributed by atoms with Gasteiger partial charge in [0.25, 0.3) is 0 Å². The predicted octanol–water partition coefficient (Wildman–Crippen LogP) is 4.91. The molecule has 2 bridgehead atoms. The van der Waals surface area contributed by atoms with Crippen LogP contribution in [-0.4, -0.2) is 22.0 Å². The van der Waals surface area contributed by atoms with Crippen molar-refractivity contribution in [2.24, 2.45) is 29.6 Å². The highest BCUT2D eigenvalue weighted by Crippen LogP contribution is 2.68. The van der Waals surface area contributed by atoms with Crippen LogP contribution in [0.1, 0.15) is 22.8 Å². The number of aromatic amines is 1. The maximum atomic E-state index is 13.7. The fourth-order valence-electron chi connectivity index (χ4n) is 6.90. The van der Waals surface area contributed by atoms with Gasteiger partial charge in [-0.15, -0.1) is 11.8 Å². The summed E-state index contributed by atoms with van der Waals surface area (Å²) in [4.78, 5) is 44.6. The lowest BCUT2D eigenvalue weighted by atomic mass is 9.68. The van der Waals surface area contributed by atoms with Gasteiger partial charge in [0.05, 0.1) is 22.5 Å².